The normalized spacial score (nSPS) is 25.9. The van der Waals surface area contributed by atoms with Gasteiger partial charge in [-0.25, -0.2) is 17.6 Å². The van der Waals surface area contributed by atoms with Gasteiger partial charge in [-0.2, -0.15) is 13.2 Å². The molecule has 0 aliphatic heterocycles. The minimum Gasteiger partial charge on any atom is -0.380 e. The molecule has 136 valence electrons. The molecule has 0 heterocycles. The molecule has 8 heteroatoms. The van der Waals surface area contributed by atoms with Gasteiger partial charge in [0, 0.05) is 12.7 Å². The first-order chi connectivity index (χ1) is 10.8. The van der Waals surface area contributed by atoms with Gasteiger partial charge in [0.1, 0.15) is 0 Å². The molecule has 0 saturated heterocycles. The molecule has 1 aromatic rings. The Labute approximate surface area is 134 Å². The van der Waals surface area contributed by atoms with Crippen molar-refractivity contribution in [3.63, 3.8) is 0 Å². The monoisotopic (exact) mass is 358 g/mol. The second-order valence-corrected chi connectivity index (χ2v) is 6.82. The molecule has 0 spiro atoms. The van der Waals surface area contributed by atoms with Gasteiger partial charge in [0.15, 0.2) is 23.3 Å². The molecule has 0 bridgehead atoms. The number of halogens is 7. The zero-order chi connectivity index (χ0) is 18.7. The highest BCUT2D eigenvalue weighted by atomic mass is 19.4. The SMILES string of the molecule is COCc1c(F)c(F)c(CC2C(C)(C)C2(C)C(F)(F)F)c(F)c1F. The summed E-state index contributed by atoms with van der Waals surface area (Å²) in [5.41, 5.74) is -5.42. The van der Waals surface area contributed by atoms with E-state index >= 15 is 0 Å². The molecule has 0 radical (unpaired) electrons. The van der Waals surface area contributed by atoms with Crippen LogP contribution in [0.1, 0.15) is 31.9 Å². The van der Waals surface area contributed by atoms with Crippen LogP contribution in [0.5, 0.6) is 0 Å². The minimum atomic E-state index is -4.60. The molecule has 2 rings (SSSR count). The van der Waals surface area contributed by atoms with Gasteiger partial charge in [0.2, 0.25) is 0 Å². The van der Waals surface area contributed by atoms with Crippen LogP contribution in [0.3, 0.4) is 0 Å². The van der Waals surface area contributed by atoms with E-state index in [1.54, 1.807) is 0 Å². The smallest absolute Gasteiger partial charge is 0.380 e. The van der Waals surface area contributed by atoms with Gasteiger partial charge in [-0.15, -0.1) is 0 Å². The van der Waals surface area contributed by atoms with Crippen LogP contribution in [-0.2, 0) is 17.8 Å². The Morgan fingerprint density at radius 3 is 1.62 bits per heavy atom. The molecule has 0 N–H and O–H groups in total. The molecular formula is C16H17F7O. The van der Waals surface area contributed by atoms with Crippen molar-refractivity contribution in [1.82, 2.24) is 0 Å². The fourth-order valence-electron chi connectivity index (χ4n) is 3.50. The highest BCUT2D eigenvalue weighted by Gasteiger charge is 2.79. The van der Waals surface area contributed by atoms with Gasteiger partial charge in [-0.1, -0.05) is 20.8 Å². The van der Waals surface area contributed by atoms with E-state index in [0.717, 1.165) is 14.0 Å². The molecule has 24 heavy (non-hydrogen) atoms. The van der Waals surface area contributed by atoms with E-state index in [0.29, 0.717) is 0 Å². The molecule has 1 nitrogen and oxygen atoms in total. The van der Waals surface area contributed by atoms with Crippen molar-refractivity contribution in [1.29, 1.82) is 0 Å². The van der Waals surface area contributed by atoms with Crippen LogP contribution in [0.15, 0.2) is 0 Å². The van der Waals surface area contributed by atoms with Crippen molar-refractivity contribution in [3.8, 4) is 0 Å². The Kier molecular flexibility index (Phi) is 4.44. The number of rotatable bonds is 4. The Morgan fingerprint density at radius 1 is 0.875 bits per heavy atom. The van der Waals surface area contributed by atoms with Crippen molar-refractivity contribution >= 4 is 0 Å². The van der Waals surface area contributed by atoms with E-state index in [1.807, 2.05) is 0 Å². The number of ether oxygens (including phenoxy) is 1. The van der Waals surface area contributed by atoms with Gasteiger partial charge >= 0.3 is 6.18 Å². The molecule has 1 saturated carbocycles. The van der Waals surface area contributed by atoms with Crippen molar-refractivity contribution in [2.75, 3.05) is 7.11 Å². The fourth-order valence-corrected chi connectivity index (χ4v) is 3.50. The molecule has 2 unspecified atom stereocenters. The Balaban J connectivity index is 2.46. The van der Waals surface area contributed by atoms with E-state index in [4.69, 9.17) is 0 Å². The second-order valence-electron chi connectivity index (χ2n) is 6.82. The molecule has 1 aliphatic carbocycles. The summed E-state index contributed by atoms with van der Waals surface area (Å²) in [6, 6.07) is 0. The Bertz CT molecular complexity index is 636. The molecule has 0 amide bonds. The van der Waals surface area contributed by atoms with E-state index < -0.39 is 70.3 Å². The summed E-state index contributed by atoms with van der Waals surface area (Å²) >= 11 is 0. The largest absolute Gasteiger partial charge is 0.395 e. The van der Waals surface area contributed by atoms with Gasteiger partial charge < -0.3 is 4.74 Å². The van der Waals surface area contributed by atoms with Gasteiger partial charge in [0.05, 0.1) is 17.6 Å². The zero-order valence-corrected chi connectivity index (χ0v) is 13.5. The van der Waals surface area contributed by atoms with Crippen molar-refractivity contribution in [2.45, 2.75) is 40.0 Å². The summed E-state index contributed by atoms with van der Waals surface area (Å²) < 4.78 is 100. The van der Waals surface area contributed by atoms with Crippen molar-refractivity contribution in [2.24, 2.45) is 16.7 Å². The lowest BCUT2D eigenvalue weighted by Crippen LogP contribution is -2.27. The summed E-state index contributed by atoms with van der Waals surface area (Å²) in [5.74, 6) is -7.82. The van der Waals surface area contributed by atoms with Crippen LogP contribution in [0.25, 0.3) is 0 Å². The second kappa shape index (κ2) is 5.61. The summed E-state index contributed by atoms with van der Waals surface area (Å²) in [4.78, 5) is 0. The maximum atomic E-state index is 14.1. The molecular weight excluding hydrogens is 341 g/mol. The average Bonchev–Trinajstić information content (AvgIpc) is 2.92. The van der Waals surface area contributed by atoms with Crippen LogP contribution in [0.2, 0.25) is 0 Å². The number of benzene rings is 1. The predicted molar refractivity (Wildman–Crippen MR) is 72.1 cm³/mol. The van der Waals surface area contributed by atoms with Crippen molar-refractivity contribution < 1.29 is 35.5 Å². The summed E-state index contributed by atoms with van der Waals surface area (Å²) in [6.07, 6.45) is -5.34. The first kappa shape index (κ1) is 19.0. The first-order valence-corrected chi connectivity index (χ1v) is 7.21. The van der Waals surface area contributed by atoms with Gasteiger partial charge in [-0.3, -0.25) is 0 Å². The maximum Gasteiger partial charge on any atom is 0.395 e. The summed E-state index contributed by atoms with van der Waals surface area (Å²) in [7, 11) is 1.09. The molecule has 1 aliphatic rings. The Hall–Kier alpha value is -1.31. The standard InChI is InChI=1S/C16H17F7O/c1-14(2)9(15(14,3)16(21,22)23)5-7-10(17)12(19)8(6-24-4)13(20)11(7)18/h9H,5-6H2,1-4H3. The lowest BCUT2D eigenvalue weighted by Gasteiger charge is -2.19. The highest BCUT2D eigenvalue weighted by Crippen LogP contribution is 2.75. The van der Waals surface area contributed by atoms with Gasteiger partial charge in [-0.05, 0) is 17.8 Å². The third kappa shape index (κ3) is 2.41. The van der Waals surface area contributed by atoms with Crippen LogP contribution in [-0.4, -0.2) is 13.3 Å². The number of alkyl halides is 3. The molecule has 0 aromatic heterocycles. The van der Waals surface area contributed by atoms with Crippen LogP contribution in [0.4, 0.5) is 30.7 Å². The molecule has 1 fully saturated rings. The van der Waals surface area contributed by atoms with E-state index in [9.17, 15) is 30.7 Å². The van der Waals surface area contributed by atoms with E-state index in [-0.39, 0.29) is 0 Å². The topological polar surface area (TPSA) is 9.23 Å². The molecule has 2 atom stereocenters. The summed E-state index contributed by atoms with van der Waals surface area (Å²) in [6.45, 7) is 2.88. The number of hydrogen-bond donors (Lipinski definition) is 0. The Morgan fingerprint density at radius 2 is 1.29 bits per heavy atom. The number of hydrogen-bond acceptors (Lipinski definition) is 1. The lowest BCUT2D eigenvalue weighted by atomic mass is 9.97. The average molecular weight is 358 g/mol. The fraction of sp³-hybridized carbons (Fsp3) is 0.625. The van der Waals surface area contributed by atoms with Crippen LogP contribution >= 0.6 is 0 Å². The number of methoxy groups -OCH3 is 1. The van der Waals surface area contributed by atoms with Crippen LogP contribution in [0, 0.1) is 40.0 Å². The van der Waals surface area contributed by atoms with Crippen LogP contribution < -0.4 is 0 Å². The zero-order valence-electron chi connectivity index (χ0n) is 13.5. The highest BCUT2D eigenvalue weighted by molar-refractivity contribution is 5.32. The van der Waals surface area contributed by atoms with Gasteiger partial charge in [0.25, 0.3) is 0 Å². The summed E-state index contributed by atoms with van der Waals surface area (Å²) in [5, 5.41) is 0. The predicted octanol–water partition coefficient (Wildman–Crippen LogP) is 5.16. The third-order valence-corrected chi connectivity index (χ3v) is 5.55. The van der Waals surface area contributed by atoms with E-state index in [2.05, 4.69) is 4.74 Å². The quantitative estimate of drug-likeness (QED) is 0.534. The van der Waals surface area contributed by atoms with Crippen molar-refractivity contribution in [3.05, 3.63) is 34.4 Å². The molecule has 1 aromatic carbocycles. The third-order valence-electron chi connectivity index (χ3n) is 5.55. The minimum absolute atomic E-state index is 0.693. The maximum absolute atomic E-state index is 14.1. The van der Waals surface area contributed by atoms with E-state index in [1.165, 1.54) is 13.8 Å². The first-order valence-electron chi connectivity index (χ1n) is 7.21. The lowest BCUT2D eigenvalue weighted by molar-refractivity contribution is -0.194.